The van der Waals surface area contributed by atoms with Gasteiger partial charge in [-0.25, -0.2) is 4.39 Å². The van der Waals surface area contributed by atoms with E-state index in [4.69, 9.17) is 16.3 Å². The second-order valence-corrected chi connectivity index (χ2v) is 7.45. The number of rotatable bonds is 6. The maximum atomic E-state index is 13.5. The monoisotopic (exact) mass is 405 g/mol. The van der Waals surface area contributed by atoms with Crippen LogP contribution in [0, 0.1) is 12.7 Å². The van der Waals surface area contributed by atoms with Gasteiger partial charge in [0.1, 0.15) is 11.6 Å². The third-order valence-electron chi connectivity index (χ3n) is 4.94. The summed E-state index contributed by atoms with van der Waals surface area (Å²) in [5.41, 5.74) is 2.56. The number of methoxy groups -OCH3 is 1. The van der Waals surface area contributed by atoms with Gasteiger partial charge in [0, 0.05) is 49.0 Å². The van der Waals surface area contributed by atoms with Crippen LogP contribution in [0.4, 0.5) is 10.1 Å². The first-order valence-corrected chi connectivity index (χ1v) is 9.65. The smallest absolute Gasteiger partial charge is 0.238 e. The van der Waals surface area contributed by atoms with Gasteiger partial charge in [0.2, 0.25) is 5.91 Å². The fourth-order valence-electron chi connectivity index (χ4n) is 3.34. The number of benzene rings is 2. The fourth-order valence-corrected chi connectivity index (χ4v) is 3.51. The van der Waals surface area contributed by atoms with Crippen molar-refractivity contribution in [1.29, 1.82) is 0 Å². The summed E-state index contributed by atoms with van der Waals surface area (Å²) in [7, 11) is 1.59. The van der Waals surface area contributed by atoms with Gasteiger partial charge in [0.25, 0.3) is 0 Å². The third-order valence-corrected chi connectivity index (χ3v) is 5.18. The second-order valence-electron chi connectivity index (χ2n) is 7.02. The number of hydrogen-bond acceptors (Lipinski definition) is 4. The van der Waals surface area contributed by atoms with Crippen molar-refractivity contribution in [2.24, 2.45) is 0 Å². The van der Waals surface area contributed by atoms with Crippen LogP contribution in [0.3, 0.4) is 0 Å². The van der Waals surface area contributed by atoms with Crippen molar-refractivity contribution in [2.75, 3.05) is 45.2 Å². The van der Waals surface area contributed by atoms with Crippen molar-refractivity contribution in [1.82, 2.24) is 9.80 Å². The number of nitrogens with one attached hydrogen (secondary N) is 1. The summed E-state index contributed by atoms with van der Waals surface area (Å²) >= 11 is 6.01. The van der Waals surface area contributed by atoms with E-state index in [9.17, 15) is 9.18 Å². The minimum atomic E-state index is -0.262. The molecule has 0 atom stereocenters. The van der Waals surface area contributed by atoms with Crippen molar-refractivity contribution in [3.05, 3.63) is 58.4 Å². The molecule has 28 heavy (non-hydrogen) atoms. The first-order chi connectivity index (χ1) is 13.4. The lowest BCUT2D eigenvalue weighted by atomic mass is 10.1. The minimum Gasteiger partial charge on any atom is -0.496 e. The molecule has 1 aliphatic rings. The van der Waals surface area contributed by atoms with Crippen LogP contribution in [0.1, 0.15) is 11.1 Å². The zero-order valence-corrected chi connectivity index (χ0v) is 16.9. The topological polar surface area (TPSA) is 44.8 Å². The Morgan fingerprint density at radius 3 is 2.57 bits per heavy atom. The summed E-state index contributed by atoms with van der Waals surface area (Å²) in [4.78, 5) is 16.7. The number of anilines is 1. The minimum absolute atomic E-state index is 0.0504. The van der Waals surface area contributed by atoms with Gasteiger partial charge in [-0.05, 0) is 42.8 Å². The number of halogens is 2. The number of aryl methyl sites for hydroxylation is 1. The van der Waals surface area contributed by atoms with Crippen molar-refractivity contribution in [3.8, 4) is 5.75 Å². The number of ether oxygens (including phenoxy) is 1. The lowest BCUT2D eigenvalue weighted by molar-refractivity contribution is -0.117. The largest absolute Gasteiger partial charge is 0.496 e. The highest BCUT2D eigenvalue weighted by Crippen LogP contribution is 2.22. The molecule has 2 aromatic rings. The van der Waals surface area contributed by atoms with E-state index in [1.165, 1.54) is 12.1 Å². The Kier molecular flexibility index (Phi) is 6.88. The summed E-state index contributed by atoms with van der Waals surface area (Å²) in [6.07, 6.45) is 0. The molecule has 1 aliphatic heterocycles. The zero-order valence-electron chi connectivity index (χ0n) is 16.2. The summed E-state index contributed by atoms with van der Waals surface area (Å²) in [6.45, 7) is 6.07. The van der Waals surface area contributed by atoms with Crippen molar-refractivity contribution >= 4 is 23.2 Å². The third kappa shape index (κ3) is 5.44. The predicted octanol–water partition coefficient (Wildman–Crippen LogP) is 3.55. The molecule has 0 radical (unpaired) electrons. The molecule has 0 aliphatic carbocycles. The predicted molar refractivity (Wildman–Crippen MR) is 109 cm³/mol. The Bertz CT molecular complexity index is 838. The van der Waals surface area contributed by atoms with Gasteiger partial charge in [-0.3, -0.25) is 14.6 Å². The molecule has 5 nitrogen and oxygen atoms in total. The molecule has 0 aromatic heterocycles. The molecule has 1 fully saturated rings. The van der Waals surface area contributed by atoms with E-state index in [0.717, 1.165) is 43.0 Å². The average molecular weight is 406 g/mol. The Morgan fingerprint density at radius 2 is 1.86 bits per heavy atom. The molecule has 7 heteroatoms. The highest BCUT2D eigenvalue weighted by molar-refractivity contribution is 6.31. The molecule has 0 saturated carbocycles. The number of amides is 1. The van der Waals surface area contributed by atoms with Crippen LogP contribution in [0.15, 0.2) is 36.4 Å². The molecule has 150 valence electrons. The van der Waals surface area contributed by atoms with E-state index in [-0.39, 0.29) is 11.7 Å². The van der Waals surface area contributed by atoms with E-state index in [1.807, 2.05) is 13.0 Å². The van der Waals surface area contributed by atoms with E-state index in [1.54, 1.807) is 25.3 Å². The average Bonchev–Trinajstić information content (AvgIpc) is 2.66. The highest BCUT2D eigenvalue weighted by atomic mass is 35.5. The molecular weight excluding hydrogens is 381 g/mol. The van der Waals surface area contributed by atoms with Crippen LogP contribution >= 0.6 is 11.6 Å². The van der Waals surface area contributed by atoms with Crippen LogP contribution in [-0.4, -0.2) is 55.5 Å². The van der Waals surface area contributed by atoms with Gasteiger partial charge in [-0.2, -0.15) is 0 Å². The van der Waals surface area contributed by atoms with Gasteiger partial charge in [0.15, 0.2) is 0 Å². The number of nitrogens with zero attached hydrogens (tertiary/aromatic N) is 2. The molecule has 2 aromatic carbocycles. The number of carbonyl (C=O) groups is 1. The summed E-state index contributed by atoms with van der Waals surface area (Å²) in [6, 6.07) is 10.0. The van der Waals surface area contributed by atoms with E-state index in [2.05, 4.69) is 15.1 Å². The van der Waals surface area contributed by atoms with E-state index >= 15 is 0 Å². The number of carbonyl (C=O) groups excluding carboxylic acids is 1. The van der Waals surface area contributed by atoms with Crippen molar-refractivity contribution in [3.63, 3.8) is 0 Å². The van der Waals surface area contributed by atoms with Crippen molar-refractivity contribution in [2.45, 2.75) is 13.5 Å². The molecule has 1 amide bonds. The summed E-state index contributed by atoms with van der Waals surface area (Å²) in [5, 5.41) is 3.53. The molecule has 1 heterocycles. The Balaban J connectivity index is 1.49. The molecule has 3 rings (SSSR count). The molecule has 0 spiro atoms. The molecule has 0 unspecified atom stereocenters. The van der Waals surface area contributed by atoms with Crippen LogP contribution in [0.25, 0.3) is 0 Å². The fraction of sp³-hybridized carbons (Fsp3) is 0.381. The maximum absolute atomic E-state index is 13.5. The first-order valence-electron chi connectivity index (χ1n) is 9.28. The van der Waals surface area contributed by atoms with Crippen LogP contribution in [0.2, 0.25) is 5.02 Å². The van der Waals surface area contributed by atoms with Crippen LogP contribution in [-0.2, 0) is 11.3 Å². The summed E-state index contributed by atoms with van der Waals surface area (Å²) < 4.78 is 18.9. The summed E-state index contributed by atoms with van der Waals surface area (Å²) in [5.74, 6) is 0.383. The molecular formula is C21H25ClFN3O2. The van der Waals surface area contributed by atoms with Crippen LogP contribution in [0.5, 0.6) is 5.75 Å². The maximum Gasteiger partial charge on any atom is 0.238 e. The molecule has 1 saturated heterocycles. The van der Waals surface area contributed by atoms with Gasteiger partial charge in [-0.1, -0.05) is 17.7 Å². The van der Waals surface area contributed by atoms with Gasteiger partial charge < -0.3 is 10.1 Å². The zero-order chi connectivity index (χ0) is 20.1. The Morgan fingerprint density at radius 1 is 1.14 bits per heavy atom. The number of hydrogen-bond donors (Lipinski definition) is 1. The van der Waals surface area contributed by atoms with E-state index in [0.29, 0.717) is 23.9 Å². The van der Waals surface area contributed by atoms with E-state index < -0.39 is 0 Å². The quantitative estimate of drug-likeness (QED) is 0.798. The number of piperazine rings is 1. The van der Waals surface area contributed by atoms with Crippen molar-refractivity contribution < 1.29 is 13.9 Å². The Labute approximate surface area is 170 Å². The Hall–Kier alpha value is -2.15. The van der Waals surface area contributed by atoms with Gasteiger partial charge in [-0.15, -0.1) is 0 Å². The molecule has 0 bridgehead atoms. The van der Waals surface area contributed by atoms with Gasteiger partial charge in [0.05, 0.1) is 13.7 Å². The standard InChI is InChI=1S/C21H25ClFN3O2/c1-15-3-4-17(22)12-19(15)24-21(27)14-26-9-7-25(8-10-26)13-16-11-18(23)5-6-20(16)28-2/h3-6,11-12H,7-10,13-14H2,1-2H3,(H,24,27). The SMILES string of the molecule is COc1ccc(F)cc1CN1CCN(CC(=O)Nc2cc(Cl)ccc2C)CC1. The van der Waals surface area contributed by atoms with Gasteiger partial charge >= 0.3 is 0 Å². The van der Waals surface area contributed by atoms with Crippen LogP contribution < -0.4 is 10.1 Å². The normalized spacial score (nSPS) is 15.4. The highest BCUT2D eigenvalue weighted by Gasteiger charge is 2.20. The lowest BCUT2D eigenvalue weighted by Crippen LogP contribution is -2.48. The lowest BCUT2D eigenvalue weighted by Gasteiger charge is -2.34. The second kappa shape index (κ2) is 9.37. The molecule has 1 N–H and O–H groups in total. The first kappa shape index (κ1) is 20.6.